The first kappa shape index (κ1) is 16.2. The Balaban J connectivity index is 1.72. The molecule has 0 atom stereocenters. The van der Waals surface area contributed by atoms with Crippen molar-refractivity contribution >= 4 is 0 Å². The van der Waals surface area contributed by atoms with Crippen molar-refractivity contribution < 1.29 is 9.84 Å². The Morgan fingerprint density at radius 1 is 0.826 bits per heavy atom. The third kappa shape index (κ3) is 4.90. The molecule has 23 heavy (non-hydrogen) atoms. The summed E-state index contributed by atoms with van der Waals surface area (Å²) >= 11 is 0. The van der Waals surface area contributed by atoms with E-state index in [1.165, 1.54) is 11.1 Å². The largest absolute Gasteiger partial charge is 0.388 e. The van der Waals surface area contributed by atoms with E-state index in [2.05, 4.69) is 53.4 Å². The predicted molar refractivity (Wildman–Crippen MR) is 92.0 cm³/mol. The highest BCUT2D eigenvalue weighted by Gasteiger charge is 2.31. The maximum absolute atomic E-state index is 10.9. The minimum Gasteiger partial charge on any atom is -0.388 e. The quantitative estimate of drug-likeness (QED) is 0.889. The maximum Gasteiger partial charge on any atom is 0.0818 e. The third-order valence-electron chi connectivity index (χ3n) is 4.44. The molecule has 122 valence electrons. The molecule has 1 fully saturated rings. The van der Waals surface area contributed by atoms with Crippen LogP contribution in [-0.4, -0.2) is 35.4 Å². The van der Waals surface area contributed by atoms with E-state index in [0.717, 1.165) is 13.1 Å². The van der Waals surface area contributed by atoms with Crippen LogP contribution in [0.1, 0.15) is 24.0 Å². The van der Waals surface area contributed by atoms with Crippen LogP contribution in [0.15, 0.2) is 60.7 Å². The number of aliphatic hydroxyl groups is 1. The fourth-order valence-corrected chi connectivity index (χ4v) is 3.18. The van der Waals surface area contributed by atoms with Gasteiger partial charge in [0.1, 0.15) is 0 Å². The number of ether oxygens (including phenoxy) is 1. The summed E-state index contributed by atoms with van der Waals surface area (Å²) in [4.78, 5) is 2.34. The summed E-state index contributed by atoms with van der Waals surface area (Å²) in [6, 6.07) is 20.9. The van der Waals surface area contributed by atoms with Crippen LogP contribution in [0.25, 0.3) is 0 Å². The number of hydrogen-bond donors (Lipinski definition) is 1. The Morgan fingerprint density at radius 3 is 1.78 bits per heavy atom. The Labute approximate surface area is 138 Å². The highest BCUT2D eigenvalue weighted by molar-refractivity contribution is 5.17. The monoisotopic (exact) mass is 311 g/mol. The molecular formula is C20H25NO2. The van der Waals surface area contributed by atoms with Crippen molar-refractivity contribution in [2.75, 3.05) is 19.8 Å². The van der Waals surface area contributed by atoms with E-state index in [1.54, 1.807) is 0 Å². The van der Waals surface area contributed by atoms with Crippen LogP contribution in [-0.2, 0) is 17.8 Å². The second-order valence-electron chi connectivity index (χ2n) is 6.45. The van der Waals surface area contributed by atoms with Gasteiger partial charge in [0.25, 0.3) is 0 Å². The number of nitrogens with zero attached hydrogens (tertiary/aromatic N) is 1. The summed E-state index contributed by atoms with van der Waals surface area (Å²) in [7, 11) is 0. The molecular weight excluding hydrogens is 286 g/mol. The van der Waals surface area contributed by atoms with E-state index in [1.807, 2.05) is 12.1 Å². The lowest BCUT2D eigenvalue weighted by atomic mass is 9.93. The van der Waals surface area contributed by atoms with E-state index in [0.29, 0.717) is 32.6 Å². The molecule has 3 heteroatoms. The lowest BCUT2D eigenvalue weighted by Crippen LogP contribution is -2.46. The topological polar surface area (TPSA) is 32.7 Å². The van der Waals surface area contributed by atoms with Gasteiger partial charge in [0.2, 0.25) is 0 Å². The van der Waals surface area contributed by atoms with Crippen molar-refractivity contribution in [1.82, 2.24) is 4.90 Å². The second kappa shape index (κ2) is 7.73. The van der Waals surface area contributed by atoms with Crippen LogP contribution in [0.5, 0.6) is 0 Å². The van der Waals surface area contributed by atoms with Crippen LogP contribution in [0.2, 0.25) is 0 Å². The summed E-state index contributed by atoms with van der Waals surface area (Å²) in [5, 5.41) is 10.9. The predicted octanol–water partition coefficient (Wildman–Crippen LogP) is 3.23. The van der Waals surface area contributed by atoms with Crippen molar-refractivity contribution in [2.45, 2.75) is 31.5 Å². The summed E-state index contributed by atoms with van der Waals surface area (Å²) in [5.41, 5.74) is 1.92. The first-order valence-corrected chi connectivity index (χ1v) is 8.34. The highest BCUT2D eigenvalue weighted by Crippen LogP contribution is 2.23. The average molecular weight is 311 g/mol. The first-order chi connectivity index (χ1) is 11.2. The van der Waals surface area contributed by atoms with Gasteiger partial charge < -0.3 is 9.84 Å². The highest BCUT2D eigenvalue weighted by atomic mass is 16.5. The van der Waals surface area contributed by atoms with Crippen LogP contribution >= 0.6 is 0 Å². The molecule has 1 aliphatic heterocycles. The lowest BCUT2D eigenvalue weighted by molar-refractivity contribution is -0.0821. The van der Waals surface area contributed by atoms with Crippen LogP contribution in [0, 0.1) is 0 Å². The zero-order valence-corrected chi connectivity index (χ0v) is 13.5. The van der Waals surface area contributed by atoms with E-state index >= 15 is 0 Å². The van der Waals surface area contributed by atoms with E-state index in [-0.39, 0.29) is 0 Å². The van der Waals surface area contributed by atoms with Crippen molar-refractivity contribution in [3.8, 4) is 0 Å². The average Bonchev–Trinajstić information content (AvgIpc) is 2.57. The fourth-order valence-electron chi connectivity index (χ4n) is 3.18. The summed E-state index contributed by atoms with van der Waals surface area (Å²) < 4.78 is 5.40. The molecule has 1 saturated heterocycles. The molecule has 2 aromatic carbocycles. The standard InChI is InChI=1S/C20H25NO2/c22-20(11-13-23-14-12-20)17-21(15-18-7-3-1-4-8-18)16-19-9-5-2-6-10-19/h1-10,22H,11-17H2. The van der Waals surface area contributed by atoms with Crippen molar-refractivity contribution in [1.29, 1.82) is 0 Å². The molecule has 0 amide bonds. The van der Waals surface area contributed by atoms with Gasteiger partial charge in [-0.1, -0.05) is 60.7 Å². The smallest absolute Gasteiger partial charge is 0.0818 e. The molecule has 0 spiro atoms. The van der Waals surface area contributed by atoms with Crippen LogP contribution in [0.4, 0.5) is 0 Å². The van der Waals surface area contributed by atoms with E-state index in [4.69, 9.17) is 4.74 Å². The Hall–Kier alpha value is -1.68. The molecule has 3 rings (SSSR count). The molecule has 0 bridgehead atoms. The van der Waals surface area contributed by atoms with Crippen molar-refractivity contribution in [3.05, 3.63) is 71.8 Å². The van der Waals surface area contributed by atoms with Gasteiger partial charge in [-0.25, -0.2) is 0 Å². The number of rotatable bonds is 6. The molecule has 1 heterocycles. The zero-order valence-electron chi connectivity index (χ0n) is 13.5. The molecule has 0 aromatic heterocycles. The first-order valence-electron chi connectivity index (χ1n) is 8.34. The summed E-state index contributed by atoms with van der Waals surface area (Å²) in [6.07, 6.45) is 1.43. The molecule has 2 aromatic rings. The molecule has 0 unspecified atom stereocenters. The maximum atomic E-state index is 10.9. The SMILES string of the molecule is OC1(CN(Cc2ccccc2)Cc2ccccc2)CCOCC1. The Bertz CT molecular complexity index is 538. The van der Waals surface area contributed by atoms with Gasteiger partial charge >= 0.3 is 0 Å². The van der Waals surface area contributed by atoms with Crippen LogP contribution in [0.3, 0.4) is 0 Å². The lowest BCUT2D eigenvalue weighted by Gasteiger charge is -2.37. The van der Waals surface area contributed by atoms with Gasteiger partial charge in [-0.2, -0.15) is 0 Å². The van der Waals surface area contributed by atoms with Gasteiger partial charge in [0.15, 0.2) is 0 Å². The molecule has 0 radical (unpaired) electrons. The van der Waals surface area contributed by atoms with Gasteiger partial charge in [0.05, 0.1) is 5.60 Å². The fraction of sp³-hybridized carbons (Fsp3) is 0.400. The molecule has 0 saturated carbocycles. The Morgan fingerprint density at radius 2 is 1.30 bits per heavy atom. The van der Waals surface area contributed by atoms with Gasteiger partial charge in [-0.05, 0) is 11.1 Å². The number of benzene rings is 2. The molecule has 3 nitrogen and oxygen atoms in total. The van der Waals surface area contributed by atoms with E-state index in [9.17, 15) is 5.11 Å². The van der Waals surface area contributed by atoms with Gasteiger partial charge in [-0.15, -0.1) is 0 Å². The molecule has 1 aliphatic rings. The number of hydrogen-bond acceptors (Lipinski definition) is 3. The second-order valence-corrected chi connectivity index (χ2v) is 6.45. The van der Waals surface area contributed by atoms with E-state index < -0.39 is 5.60 Å². The summed E-state index contributed by atoms with van der Waals surface area (Å²) in [6.45, 7) is 3.68. The zero-order chi connectivity index (χ0) is 16.0. The minimum atomic E-state index is -0.637. The van der Waals surface area contributed by atoms with Gasteiger partial charge in [0, 0.05) is 45.7 Å². The van der Waals surface area contributed by atoms with Crippen molar-refractivity contribution in [3.63, 3.8) is 0 Å². The third-order valence-corrected chi connectivity index (χ3v) is 4.44. The molecule has 0 aliphatic carbocycles. The minimum absolute atomic E-state index is 0.637. The van der Waals surface area contributed by atoms with Crippen LogP contribution < -0.4 is 0 Å². The normalized spacial score (nSPS) is 17.3. The Kier molecular flexibility index (Phi) is 5.44. The van der Waals surface area contributed by atoms with Crippen molar-refractivity contribution in [2.24, 2.45) is 0 Å². The summed E-state index contributed by atoms with van der Waals surface area (Å²) in [5.74, 6) is 0. The van der Waals surface area contributed by atoms with Gasteiger partial charge in [-0.3, -0.25) is 4.90 Å². The molecule has 1 N–H and O–H groups in total.